The summed E-state index contributed by atoms with van der Waals surface area (Å²) < 4.78 is 5.44. The lowest BCUT2D eigenvalue weighted by molar-refractivity contribution is 0.245. The van der Waals surface area contributed by atoms with Crippen LogP contribution in [0.1, 0.15) is 41.9 Å². The Labute approximate surface area is 195 Å². The maximum atomic E-state index is 5.44. The quantitative estimate of drug-likeness (QED) is 0.308. The van der Waals surface area contributed by atoms with Gasteiger partial charge in [-0.1, -0.05) is 12.1 Å². The molecule has 0 bridgehead atoms. The molecule has 1 unspecified atom stereocenters. The summed E-state index contributed by atoms with van der Waals surface area (Å²) in [5, 5.41) is 6.92. The minimum atomic E-state index is 0. The maximum absolute atomic E-state index is 5.44. The van der Waals surface area contributed by atoms with Gasteiger partial charge in [-0.25, -0.2) is 9.98 Å². The fourth-order valence-electron chi connectivity index (χ4n) is 3.52. The van der Waals surface area contributed by atoms with Crippen LogP contribution in [-0.2, 0) is 6.54 Å². The van der Waals surface area contributed by atoms with Crippen LogP contribution in [0, 0.1) is 6.92 Å². The Balaban J connectivity index is 0.00000300. The van der Waals surface area contributed by atoms with Gasteiger partial charge in [0.05, 0.1) is 30.9 Å². The van der Waals surface area contributed by atoms with Crippen molar-refractivity contribution in [2.75, 3.05) is 33.3 Å². The number of nitrogens with zero attached hydrogens (tertiary/aromatic N) is 3. The second-order valence-electron chi connectivity index (χ2n) is 6.97. The smallest absolute Gasteiger partial charge is 0.191 e. The van der Waals surface area contributed by atoms with E-state index in [9.17, 15) is 0 Å². The van der Waals surface area contributed by atoms with Gasteiger partial charge in [0.15, 0.2) is 5.96 Å². The van der Waals surface area contributed by atoms with E-state index in [1.54, 1.807) is 18.4 Å². The topological polar surface area (TPSA) is 61.8 Å². The number of aliphatic imine (C=N–C) groups is 1. The van der Waals surface area contributed by atoms with Crippen LogP contribution in [0.2, 0.25) is 0 Å². The van der Waals surface area contributed by atoms with Crippen molar-refractivity contribution in [2.24, 2.45) is 4.99 Å². The number of aryl methyl sites for hydroxylation is 1. The SMILES string of the molecule is CCNC(=NCc1scnc1C)NCC(c1cccc(OC)c1)N1CCCC1.I. The van der Waals surface area contributed by atoms with Crippen LogP contribution in [0.5, 0.6) is 5.75 Å². The molecule has 0 saturated carbocycles. The Morgan fingerprint density at radius 3 is 2.76 bits per heavy atom. The summed E-state index contributed by atoms with van der Waals surface area (Å²) in [5.41, 5.74) is 4.23. The van der Waals surface area contributed by atoms with Crippen molar-refractivity contribution >= 4 is 41.3 Å². The molecule has 2 N–H and O–H groups in total. The molecule has 1 aliphatic heterocycles. The minimum absolute atomic E-state index is 0. The fraction of sp³-hybridized carbons (Fsp3) is 0.524. The van der Waals surface area contributed by atoms with E-state index in [-0.39, 0.29) is 24.0 Å². The van der Waals surface area contributed by atoms with Crippen molar-refractivity contribution in [1.29, 1.82) is 0 Å². The highest BCUT2D eigenvalue weighted by atomic mass is 127. The van der Waals surface area contributed by atoms with Crippen LogP contribution >= 0.6 is 35.3 Å². The number of rotatable bonds is 8. The zero-order chi connectivity index (χ0) is 19.8. The first kappa shape index (κ1) is 23.9. The predicted octanol–water partition coefficient (Wildman–Crippen LogP) is 3.97. The lowest BCUT2D eigenvalue weighted by atomic mass is 10.1. The van der Waals surface area contributed by atoms with Gasteiger partial charge in [0.1, 0.15) is 5.75 Å². The summed E-state index contributed by atoms with van der Waals surface area (Å²) >= 11 is 1.66. The standard InChI is InChI=1S/C21H31N5OS.HI/c1-4-22-21(24-14-20-16(2)25-15-28-20)23-13-19(26-10-5-6-11-26)17-8-7-9-18(12-17)27-3;/h7-9,12,15,19H,4-6,10-11,13-14H2,1-3H3,(H2,22,23,24);1H. The molecule has 1 aromatic heterocycles. The number of hydrogen-bond donors (Lipinski definition) is 2. The van der Waals surface area contributed by atoms with Crippen LogP contribution < -0.4 is 15.4 Å². The molecule has 0 amide bonds. The summed E-state index contributed by atoms with van der Waals surface area (Å²) in [7, 11) is 1.72. The van der Waals surface area contributed by atoms with Crippen molar-refractivity contribution < 1.29 is 4.74 Å². The molecule has 1 atom stereocenters. The molecule has 0 radical (unpaired) electrons. The van der Waals surface area contributed by atoms with Gasteiger partial charge in [-0.2, -0.15) is 0 Å². The normalized spacial score (nSPS) is 15.6. The van der Waals surface area contributed by atoms with Crippen molar-refractivity contribution in [1.82, 2.24) is 20.5 Å². The van der Waals surface area contributed by atoms with E-state index < -0.39 is 0 Å². The number of guanidine groups is 1. The van der Waals surface area contributed by atoms with Crippen LogP contribution in [-0.4, -0.2) is 49.1 Å². The minimum Gasteiger partial charge on any atom is -0.497 e. The van der Waals surface area contributed by atoms with Gasteiger partial charge in [-0.3, -0.25) is 4.90 Å². The number of hydrogen-bond acceptors (Lipinski definition) is 5. The molecule has 1 fully saturated rings. The molecular weight excluding hydrogens is 497 g/mol. The number of ether oxygens (including phenoxy) is 1. The number of benzene rings is 1. The number of likely N-dealkylation sites (tertiary alicyclic amines) is 1. The number of aromatic nitrogens is 1. The molecule has 2 aromatic rings. The van der Waals surface area contributed by atoms with E-state index in [2.05, 4.69) is 45.6 Å². The second kappa shape index (κ2) is 12.3. The van der Waals surface area contributed by atoms with Gasteiger partial charge in [0.25, 0.3) is 0 Å². The molecule has 8 heteroatoms. The van der Waals surface area contributed by atoms with E-state index in [1.807, 2.05) is 18.5 Å². The lowest BCUT2D eigenvalue weighted by Crippen LogP contribution is -2.42. The average molecular weight is 529 g/mol. The molecule has 1 aliphatic rings. The molecule has 1 aromatic carbocycles. The summed E-state index contributed by atoms with van der Waals surface area (Å²) in [6.07, 6.45) is 2.53. The molecule has 0 aliphatic carbocycles. The maximum Gasteiger partial charge on any atom is 0.191 e. The van der Waals surface area contributed by atoms with Gasteiger partial charge < -0.3 is 15.4 Å². The lowest BCUT2D eigenvalue weighted by Gasteiger charge is -2.29. The highest BCUT2D eigenvalue weighted by Gasteiger charge is 2.24. The second-order valence-corrected chi connectivity index (χ2v) is 7.91. The summed E-state index contributed by atoms with van der Waals surface area (Å²) in [4.78, 5) is 12.8. The molecule has 2 heterocycles. The van der Waals surface area contributed by atoms with E-state index in [0.717, 1.165) is 43.6 Å². The van der Waals surface area contributed by atoms with Crippen molar-refractivity contribution in [2.45, 2.75) is 39.3 Å². The molecule has 3 rings (SSSR count). The molecule has 0 spiro atoms. The Kier molecular flexibility index (Phi) is 10.2. The van der Waals surface area contributed by atoms with Crippen molar-refractivity contribution in [3.05, 3.63) is 45.9 Å². The fourth-order valence-corrected chi connectivity index (χ4v) is 4.22. The zero-order valence-electron chi connectivity index (χ0n) is 17.5. The van der Waals surface area contributed by atoms with E-state index in [4.69, 9.17) is 9.73 Å². The zero-order valence-corrected chi connectivity index (χ0v) is 20.6. The summed E-state index contributed by atoms with van der Waals surface area (Å²) in [6, 6.07) is 8.71. The largest absolute Gasteiger partial charge is 0.497 e. The Morgan fingerprint density at radius 2 is 2.10 bits per heavy atom. The summed E-state index contributed by atoms with van der Waals surface area (Å²) in [6.45, 7) is 8.69. The van der Waals surface area contributed by atoms with Crippen molar-refractivity contribution in [3.63, 3.8) is 0 Å². The molecule has 6 nitrogen and oxygen atoms in total. The Hall–Kier alpha value is -1.39. The molecule has 1 saturated heterocycles. The third-order valence-corrected chi connectivity index (χ3v) is 6.01. The van der Waals surface area contributed by atoms with Gasteiger partial charge >= 0.3 is 0 Å². The number of methoxy groups -OCH3 is 1. The number of nitrogens with one attached hydrogen (secondary N) is 2. The summed E-state index contributed by atoms with van der Waals surface area (Å²) in [5.74, 6) is 1.75. The number of thiazole rings is 1. The highest BCUT2D eigenvalue weighted by Crippen LogP contribution is 2.27. The van der Waals surface area contributed by atoms with Gasteiger partial charge in [0.2, 0.25) is 0 Å². The van der Waals surface area contributed by atoms with Crippen LogP contribution in [0.15, 0.2) is 34.8 Å². The van der Waals surface area contributed by atoms with Gasteiger partial charge in [0, 0.05) is 18.0 Å². The van der Waals surface area contributed by atoms with Crippen LogP contribution in [0.4, 0.5) is 0 Å². The third kappa shape index (κ3) is 6.82. The molecule has 160 valence electrons. The van der Waals surface area contributed by atoms with E-state index in [0.29, 0.717) is 12.6 Å². The molecule has 29 heavy (non-hydrogen) atoms. The monoisotopic (exact) mass is 529 g/mol. The van der Waals surface area contributed by atoms with Crippen LogP contribution in [0.25, 0.3) is 0 Å². The van der Waals surface area contributed by atoms with Gasteiger partial charge in [-0.05, 0) is 57.5 Å². The molecular formula is C21H32IN5OS. The third-order valence-electron chi connectivity index (χ3n) is 5.09. The van der Waals surface area contributed by atoms with E-state index in [1.165, 1.54) is 23.3 Å². The van der Waals surface area contributed by atoms with Crippen LogP contribution in [0.3, 0.4) is 0 Å². The predicted molar refractivity (Wildman–Crippen MR) is 132 cm³/mol. The number of halogens is 1. The van der Waals surface area contributed by atoms with E-state index >= 15 is 0 Å². The Morgan fingerprint density at radius 1 is 1.31 bits per heavy atom. The highest BCUT2D eigenvalue weighted by molar-refractivity contribution is 14.0. The van der Waals surface area contributed by atoms with Gasteiger partial charge in [-0.15, -0.1) is 35.3 Å². The Bertz CT molecular complexity index is 776. The average Bonchev–Trinajstić information content (AvgIpc) is 3.38. The first-order valence-electron chi connectivity index (χ1n) is 10.0. The first-order valence-corrected chi connectivity index (χ1v) is 10.9. The first-order chi connectivity index (χ1) is 13.7. The van der Waals surface area contributed by atoms with Crippen molar-refractivity contribution in [3.8, 4) is 5.75 Å².